The average molecular weight is 336 g/mol. The van der Waals surface area contributed by atoms with Crippen LogP contribution in [0, 0.1) is 5.41 Å². The highest BCUT2D eigenvalue weighted by Crippen LogP contribution is 2.38. The molecule has 1 saturated heterocycles. The van der Waals surface area contributed by atoms with Crippen LogP contribution in [0.3, 0.4) is 0 Å². The highest BCUT2D eigenvalue weighted by molar-refractivity contribution is 6.59. The summed E-state index contributed by atoms with van der Waals surface area (Å²) in [6.07, 6.45) is 0.0638. The van der Waals surface area contributed by atoms with Crippen LogP contribution in [0.4, 0.5) is 0 Å². The summed E-state index contributed by atoms with van der Waals surface area (Å²) in [4.78, 5) is 13.4. The molecule has 6 N–H and O–H groups in total. The molecular weight excluding hydrogens is 317 g/mol. The van der Waals surface area contributed by atoms with Crippen LogP contribution in [0.25, 0.3) is 0 Å². The van der Waals surface area contributed by atoms with Crippen LogP contribution >= 0.6 is 0 Å². The summed E-state index contributed by atoms with van der Waals surface area (Å²) < 4.78 is 10.8. The Morgan fingerprint density at radius 1 is 1.46 bits per heavy atom. The van der Waals surface area contributed by atoms with Crippen LogP contribution in [0.5, 0.6) is 11.5 Å². The van der Waals surface area contributed by atoms with Crippen molar-refractivity contribution >= 4 is 18.6 Å². The Bertz CT molecular complexity index is 689. The van der Waals surface area contributed by atoms with Gasteiger partial charge in [0.15, 0.2) is 0 Å². The number of ether oxygens (including phenoxy) is 1. The third-order valence-corrected chi connectivity index (χ3v) is 4.23. The van der Waals surface area contributed by atoms with Crippen LogP contribution in [0.15, 0.2) is 12.1 Å². The molecule has 2 aliphatic heterocycles. The van der Waals surface area contributed by atoms with E-state index in [9.17, 15) is 19.9 Å². The fourth-order valence-electron chi connectivity index (χ4n) is 2.87. The normalized spacial score (nSPS) is 19.0. The molecule has 2 heterocycles. The van der Waals surface area contributed by atoms with E-state index in [-0.39, 0.29) is 36.0 Å². The number of nitrogens with one attached hydrogen (secondary N) is 1. The van der Waals surface area contributed by atoms with Crippen molar-refractivity contribution in [3.05, 3.63) is 23.3 Å². The van der Waals surface area contributed by atoms with Gasteiger partial charge >= 0.3 is 12.7 Å². The van der Waals surface area contributed by atoms with E-state index in [1.807, 2.05) is 0 Å². The Hall–Kier alpha value is -2.30. The number of hydrogen-bond donors (Lipinski definition) is 5. The summed E-state index contributed by atoms with van der Waals surface area (Å²) >= 11 is 0. The monoisotopic (exact) mass is 336 g/mol. The third-order valence-electron chi connectivity index (χ3n) is 4.23. The Labute approximate surface area is 138 Å². The van der Waals surface area contributed by atoms with Crippen LogP contribution in [0.1, 0.15) is 15.9 Å². The highest BCUT2D eigenvalue weighted by atomic mass is 16.6. The molecule has 0 unspecified atom stereocenters. The minimum Gasteiger partial charge on any atom is -0.669 e. The molecule has 0 aromatic heterocycles. The lowest BCUT2D eigenvalue weighted by Crippen LogP contribution is -2.57. The Balaban J connectivity index is 1.82. The lowest BCUT2D eigenvalue weighted by molar-refractivity contribution is 0.0589. The van der Waals surface area contributed by atoms with Gasteiger partial charge in [0, 0.05) is 0 Å². The molecule has 1 aromatic carbocycles. The van der Waals surface area contributed by atoms with Crippen molar-refractivity contribution in [2.24, 2.45) is 5.73 Å². The van der Waals surface area contributed by atoms with Gasteiger partial charge in [0.2, 0.25) is 0 Å². The maximum Gasteiger partial charge on any atom is 0.430 e. The number of carboxylic acids is 1. The lowest BCUT2D eigenvalue weighted by atomic mass is 9.70. The highest BCUT2D eigenvalue weighted by Gasteiger charge is 2.35. The van der Waals surface area contributed by atoms with Gasteiger partial charge in [0.05, 0.1) is 25.4 Å². The zero-order valence-corrected chi connectivity index (χ0v) is 12.9. The molecule has 3 rings (SSSR count). The summed E-state index contributed by atoms with van der Waals surface area (Å²) in [7, 11) is 0. The van der Waals surface area contributed by atoms with Gasteiger partial charge in [-0.05, 0) is 18.1 Å². The fourth-order valence-corrected chi connectivity index (χ4v) is 2.87. The number of benzene rings is 1. The fraction of sp³-hybridized carbons (Fsp3) is 0.429. The number of likely N-dealkylation sites (tertiary alicyclic amines) is 1. The minimum absolute atomic E-state index is 0.0189. The van der Waals surface area contributed by atoms with Crippen molar-refractivity contribution in [3.63, 3.8) is 0 Å². The predicted molar refractivity (Wildman–Crippen MR) is 85.5 cm³/mol. The number of amidine groups is 1. The second kappa shape index (κ2) is 5.97. The number of carbonyl (C=O) groups is 1. The van der Waals surface area contributed by atoms with Gasteiger partial charge in [-0.2, -0.15) is 0 Å². The molecule has 130 valence electrons. The first-order valence-corrected chi connectivity index (χ1v) is 7.68. The zero-order valence-electron chi connectivity index (χ0n) is 12.9. The second-order valence-electron chi connectivity index (χ2n) is 6.04. The first kappa shape index (κ1) is 16.6. The quantitative estimate of drug-likeness (QED) is 0.274. The minimum atomic E-state index is -3.06. The van der Waals surface area contributed by atoms with Crippen LogP contribution in [-0.2, 0) is 6.42 Å². The first-order valence-electron chi connectivity index (χ1n) is 7.68. The molecule has 0 atom stereocenters. The largest absolute Gasteiger partial charge is 0.669 e. The molecule has 0 saturated carbocycles. The van der Waals surface area contributed by atoms with E-state index < -0.39 is 12.7 Å². The molecule has 0 aliphatic carbocycles. The van der Waals surface area contributed by atoms with Gasteiger partial charge in [0.1, 0.15) is 23.3 Å². The van der Waals surface area contributed by atoms with E-state index in [0.29, 0.717) is 30.9 Å². The molecule has 1 fully saturated rings. The van der Waals surface area contributed by atoms with E-state index in [4.69, 9.17) is 20.5 Å². The SMILES string of the molecule is N=C(CN)N1CC(Oc2ccc3c(c2C(=O)O)O[B-](O)(O)CC3)C1. The molecule has 24 heavy (non-hydrogen) atoms. The number of hydrogen-bond acceptors (Lipinski definition) is 7. The van der Waals surface area contributed by atoms with Gasteiger partial charge in [-0.3, -0.25) is 5.41 Å². The van der Waals surface area contributed by atoms with Gasteiger partial charge in [0.25, 0.3) is 0 Å². The molecule has 1 aromatic rings. The molecule has 0 radical (unpaired) electrons. The van der Waals surface area contributed by atoms with Crippen LogP contribution in [0.2, 0.25) is 6.32 Å². The van der Waals surface area contributed by atoms with E-state index in [1.54, 1.807) is 17.0 Å². The Morgan fingerprint density at radius 2 is 2.17 bits per heavy atom. The van der Waals surface area contributed by atoms with Gasteiger partial charge < -0.3 is 35.2 Å². The summed E-state index contributed by atoms with van der Waals surface area (Å²) in [5, 5.41) is 36.5. The second-order valence-corrected chi connectivity index (χ2v) is 6.04. The number of carboxylic acid groups (broad SMARTS) is 1. The van der Waals surface area contributed by atoms with Crippen molar-refractivity contribution in [1.29, 1.82) is 5.41 Å². The standard InChI is InChI=1S/C14H19BN3O6/c16-5-11(17)18-6-9(7-18)23-10-2-1-8-3-4-15(21,22)24-13(8)12(10)14(19)20/h1-2,9,17,21-22H,3-7,16H2,(H,19,20)/q-1. The Kier molecular flexibility index (Phi) is 4.12. The maximum absolute atomic E-state index is 11.6. The summed E-state index contributed by atoms with van der Waals surface area (Å²) in [6.45, 7) is -2.03. The molecule has 0 spiro atoms. The smallest absolute Gasteiger partial charge is 0.430 e. The van der Waals surface area contributed by atoms with Crippen molar-refractivity contribution in [3.8, 4) is 11.5 Å². The first-order chi connectivity index (χ1) is 11.3. The van der Waals surface area contributed by atoms with Crippen LogP contribution < -0.4 is 15.1 Å². The molecule has 9 nitrogen and oxygen atoms in total. The summed E-state index contributed by atoms with van der Waals surface area (Å²) in [5.41, 5.74) is 5.78. The van der Waals surface area contributed by atoms with Crippen molar-refractivity contribution in [2.75, 3.05) is 19.6 Å². The lowest BCUT2D eigenvalue weighted by Gasteiger charge is -2.41. The number of rotatable bonds is 4. The predicted octanol–water partition coefficient (Wildman–Crippen LogP) is -0.758. The number of nitrogens with zero attached hydrogens (tertiary/aromatic N) is 1. The maximum atomic E-state index is 11.6. The van der Waals surface area contributed by atoms with Gasteiger partial charge in [-0.15, -0.1) is 0 Å². The number of nitrogens with two attached hydrogens (primary N) is 1. The summed E-state index contributed by atoms with van der Waals surface area (Å²) in [6, 6.07) is 3.22. The van der Waals surface area contributed by atoms with Gasteiger partial charge in [-0.1, -0.05) is 12.4 Å². The van der Waals surface area contributed by atoms with E-state index in [1.165, 1.54) is 0 Å². The number of aryl methyl sites for hydroxylation is 1. The summed E-state index contributed by atoms with van der Waals surface area (Å²) in [5.74, 6) is -0.905. The average Bonchev–Trinajstić information content (AvgIpc) is 2.47. The van der Waals surface area contributed by atoms with Gasteiger partial charge in [-0.25, -0.2) is 4.79 Å². The van der Waals surface area contributed by atoms with Crippen LogP contribution in [-0.4, -0.2) is 64.4 Å². The molecule has 2 aliphatic rings. The zero-order chi connectivity index (χ0) is 17.5. The topological polar surface area (TPSA) is 149 Å². The van der Waals surface area contributed by atoms with E-state index >= 15 is 0 Å². The van der Waals surface area contributed by atoms with Crippen molar-refractivity contribution in [1.82, 2.24) is 4.90 Å². The Morgan fingerprint density at radius 3 is 2.79 bits per heavy atom. The molecule has 0 amide bonds. The van der Waals surface area contributed by atoms with E-state index in [0.717, 1.165) is 0 Å². The molecule has 10 heteroatoms. The third kappa shape index (κ3) is 3.03. The number of fused-ring (bicyclic) bond motifs is 1. The van der Waals surface area contributed by atoms with E-state index in [2.05, 4.69) is 0 Å². The van der Waals surface area contributed by atoms with Crippen molar-refractivity contribution < 1.29 is 29.3 Å². The molecule has 0 bridgehead atoms. The molecular formula is C14H19BN3O6-. The number of aromatic carboxylic acids is 1. The van der Waals surface area contributed by atoms with Crippen molar-refractivity contribution in [2.45, 2.75) is 18.8 Å².